The van der Waals surface area contributed by atoms with E-state index in [1.165, 1.54) is 0 Å². The van der Waals surface area contributed by atoms with Crippen molar-refractivity contribution in [2.75, 3.05) is 29.5 Å². The first kappa shape index (κ1) is 19.8. The van der Waals surface area contributed by atoms with Gasteiger partial charge in [0.2, 0.25) is 11.8 Å². The molecule has 0 spiro atoms. The number of hydrogen-bond acceptors (Lipinski definition) is 5. The van der Waals surface area contributed by atoms with Crippen LogP contribution in [0, 0.1) is 0 Å². The van der Waals surface area contributed by atoms with Crippen LogP contribution in [0.2, 0.25) is 0 Å². The van der Waals surface area contributed by atoms with Gasteiger partial charge in [0.1, 0.15) is 0 Å². The van der Waals surface area contributed by atoms with Gasteiger partial charge in [0, 0.05) is 42.9 Å². The lowest BCUT2D eigenvalue weighted by atomic mass is 10.1. The van der Waals surface area contributed by atoms with Crippen LogP contribution < -0.4 is 9.80 Å². The summed E-state index contributed by atoms with van der Waals surface area (Å²) in [5.74, 6) is -0.816. The highest BCUT2D eigenvalue weighted by Crippen LogP contribution is 2.23. The topological polar surface area (TPSA) is 84.0 Å². The van der Waals surface area contributed by atoms with Crippen LogP contribution in [0.15, 0.2) is 48.5 Å². The highest BCUT2D eigenvalue weighted by Gasteiger charge is 2.23. The molecule has 0 bridgehead atoms. The van der Waals surface area contributed by atoms with Crippen molar-refractivity contribution in [3.63, 3.8) is 0 Å². The maximum absolute atomic E-state index is 12.5. The van der Waals surface area contributed by atoms with Crippen molar-refractivity contribution in [2.45, 2.75) is 25.7 Å². The molecule has 0 radical (unpaired) electrons. The van der Waals surface area contributed by atoms with Gasteiger partial charge in [-0.25, -0.2) is 4.79 Å². The third kappa shape index (κ3) is 4.10. The normalized spacial score (nSPS) is 16.3. The van der Waals surface area contributed by atoms with Crippen LogP contribution in [0.1, 0.15) is 46.4 Å². The Labute approximate surface area is 174 Å². The summed E-state index contributed by atoms with van der Waals surface area (Å²) in [6, 6.07) is 13.4. The standard InChI is InChI=1S/C23H22N2O5/c26-20(17-4-1-5-19(14-17)25-13-3-7-22(25)28)15-30-23(29)16-8-10-18(11-9-16)24-12-2-6-21(24)27/h1,4-5,8-11,14H,2-3,6-7,12-13,15H2. The number of rotatable bonds is 6. The highest BCUT2D eigenvalue weighted by atomic mass is 16.5. The molecule has 4 rings (SSSR count). The van der Waals surface area contributed by atoms with Crippen molar-refractivity contribution in [1.82, 2.24) is 0 Å². The molecule has 0 aromatic heterocycles. The van der Waals surface area contributed by atoms with Gasteiger partial charge >= 0.3 is 5.97 Å². The molecule has 2 saturated heterocycles. The Hall–Kier alpha value is -3.48. The zero-order valence-corrected chi connectivity index (χ0v) is 16.5. The largest absolute Gasteiger partial charge is 0.454 e. The van der Waals surface area contributed by atoms with Crippen molar-refractivity contribution in [3.05, 3.63) is 59.7 Å². The summed E-state index contributed by atoms with van der Waals surface area (Å²) in [4.78, 5) is 51.8. The number of ether oxygens (including phenoxy) is 1. The average Bonchev–Trinajstić information content (AvgIpc) is 3.40. The smallest absolute Gasteiger partial charge is 0.338 e. The van der Waals surface area contributed by atoms with Gasteiger partial charge in [0.25, 0.3) is 0 Å². The van der Waals surface area contributed by atoms with Crippen molar-refractivity contribution < 1.29 is 23.9 Å². The monoisotopic (exact) mass is 406 g/mol. The molecule has 2 fully saturated rings. The number of amides is 2. The molecule has 154 valence electrons. The number of carbonyl (C=O) groups is 4. The van der Waals surface area contributed by atoms with Gasteiger partial charge in [-0.15, -0.1) is 0 Å². The number of esters is 1. The lowest BCUT2D eigenvalue weighted by Crippen LogP contribution is -2.24. The Morgan fingerprint density at radius 3 is 2.03 bits per heavy atom. The third-order valence-corrected chi connectivity index (χ3v) is 5.38. The molecule has 0 unspecified atom stereocenters. The van der Waals surface area contributed by atoms with E-state index in [4.69, 9.17) is 4.74 Å². The van der Waals surface area contributed by atoms with Crippen LogP contribution in [0.4, 0.5) is 11.4 Å². The van der Waals surface area contributed by atoms with Crippen LogP contribution >= 0.6 is 0 Å². The molecule has 2 amide bonds. The summed E-state index contributed by atoms with van der Waals surface area (Å²) in [6.07, 6.45) is 2.69. The summed E-state index contributed by atoms with van der Waals surface area (Å²) in [5, 5.41) is 0. The first-order valence-electron chi connectivity index (χ1n) is 10.0. The molecule has 7 nitrogen and oxygen atoms in total. The Kier molecular flexibility index (Phi) is 5.61. The Balaban J connectivity index is 1.36. The fourth-order valence-electron chi connectivity index (χ4n) is 3.76. The van der Waals surface area contributed by atoms with Crippen LogP contribution in [0.3, 0.4) is 0 Å². The molecule has 7 heteroatoms. The minimum absolute atomic E-state index is 0.0464. The number of benzene rings is 2. The highest BCUT2D eigenvalue weighted by molar-refractivity contribution is 6.02. The van der Waals surface area contributed by atoms with E-state index in [9.17, 15) is 19.2 Å². The molecule has 0 atom stereocenters. The predicted molar refractivity (Wildman–Crippen MR) is 111 cm³/mol. The number of nitrogens with zero attached hydrogens (tertiary/aromatic N) is 2. The SMILES string of the molecule is O=C(COC(=O)c1ccc(N2CCCC2=O)cc1)c1cccc(N2CCCC2=O)c1. The zero-order valence-electron chi connectivity index (χ0n) is 16.5. The first-order chi connectivity index (χ1) is 14.5. The maximum atomic E-state index is 12.5. The van der Waals surface area contributed by atoms with Crippen LogP contribution in [0.25, 0.3) is 0 Å². The van der Waals surface area contributed by atoms with Crippen molar-refractivity contribution >= 4 is 34.9 Å². The van der Waals surface area contributed by atoms with Gasteiger partial charge in [-0.2, -0.15) is 0 Å². The molecule has 30 heavy (non-hydrogen) atoms. The predicted octanol–water partition coefficient (Wildman–Crippen LogP) is 2.98. The van der Waals surface area contributed by atoms with Gasteiger partial charge in [0.15, 0.2) is 12.4 Å². The van der Waals surface area contributed by atoms with E-state index in [0.717, 1.165) is 18.5 Å². The van der Waals surface area contributed by atoms with Crippen molar-refractivity contribution in [1.29, 1.82) is 0 Å². The fourth-order valence-corrected chi connectivity index (χ4v) is 3.76. The molecule has 0 saturated carbocycles. The number of anilines is 2. The quantitative estimate of drug-likeness (QED) is 0.544. The van der Waals surface area contributed by atoms with Gasteiger partial charge in [-0.3, -0.25) is 14.4 Å². The van der Waals surface area contributed by atoms with Crippen molar-refractivity contribution in [2.24, 2.45) is 0 Å². The summed E-state index contributed by atoms with van der Waals surface area (Å²) in [5.41, 5.74) is 2.14. The van der Waals surface area contributed by atoms with Crippen molar-refractivity contribution in [3.8, 4) is 0 Å². The third-order valence-electron chi connectivity index (χ3n) is 5.38. The fraction of sp³-hybridized carbons (Fsp3) is 0.304. The molecule has 2 aliphatic rings. The van der Waals surface area contributed by atoms with E-state index >= 15 is 0 Å². The Morgan fingerprint density at radius 2 is 1.43 bits per heavy atom. The second kappa shape index (κ2) is 8.49. The van der Waals surface area contributed by atoms with E-state index in [0.29, 0.717) is 42.7 Å². The van der Waals surface area contributed by atoms with E-state index in [2.05, 4.69) is 0 Å². The van der Waals surface area contributed by atoms with Gasteiger partial charge in [-0.05, 0) is 49.2 Å². The minimum atomic E-state index is -0.603. The lowest BCUT2D eigenvalue weighted by Gasteiger charge is -2.16. The molecule has 0 N–H and O–H groups in total. The van der Waals surface area contributed by atoms with E-state index in [1.807, 2.05) is 0 Å². The van der Waals surface area contributed by atoms with Crippen LogP contribution in [0.5, 0.6) is 0 Å². The molecule has 2 heterocycles. The number of carbonyl (C=O) groups excluding carboxylic acids is 4. The lowest BCUT2D eigenvalue weighted by molar-refractivity contribution is -0.117. The Morgan fingerprint density at radius 1 is 0.800 bits per heavy atom. The number of Topliss-reactive ketones (excluding diaryl/α,β-unsaturated/α-hetero) is 1. The summed E-state index contributed by atoms with van der Waals surface area (Å²) in [7, 11) is 0. The second-order valence-corrected chi connectivity index (χ2v) is 7.39. The summed E-state index contributed by atoms with van der Waals surface area (Å²) < 4.78 is 5.17. The molecular formula is C23H22N2O5. The van der Waals surface area contributed by atoms with Crippen LogP contribution in [-0.4, -0.2) is 43.3 Å². The Bertz CT molecular complexity index is 999. The number of ketones is 1. The molecule has 0 aliphatic carbocycles. The summed E-state index contributed by atoms with van der Waals surface area (Å²) in [6.45, 7) is 0.937. The minimum Gasteiger partial charge on any atom is -0.454 e. The average molecular weight is 406 g/mol. The second-order valence-electron chi connectivity index (χ2n) is 7.39. The van der Waals surface area contributed by atoms with Gasteiger partial charge < -0.3 is 14.5 Å². The van der Waals surface area contributed by atoms with E-state index < -0.39 is 5.97 Å². The first-order valence-corrected chi connectivity index (χ1v) is 10.0. The molecular weight excluding hydrogens is 384 g/mol. The van der Waals surface area contributed by atoms with E-state index in [-0.39, 0.29) is 24.2 Å². The van der Waals surface area contributed by atoms with Gasteiger partial charge in [0.05, 0.1) is 5.56 Å². The molecule has 2 aliphatic heterocycles. The van der Waals surface area contributed by atoms with Crippen LogP contribution in [-0.2, 0) is 14.3 Å². The zero-order chi connectivity index (χ0) is 21.1. The molecule has 2 aromatic rings. The summed E-state index contributed by atoms with van der Waals surface area (Å²) >= 11 is 0. The number of hydrogen-bond donors (Lipinski definition) is 0. The maximum Gasteiger partial charge on any atom is 0.338 e. The molecule has 2 aromatic carbocycles. The van der Waals surface area contributed by atoms with E-state index in [1.54, 1.807) is 58.3 Å². The van der Waals surface area contributed by atoms with Gasteiger partial charge in [-0.1, -0.05) is 12.1 Å².